The van der Waals surface area contributed by atoms with Crippen molar-refractivity contribution in [2.24, 2.45) is 4.99 Å². The fourth-order valence-corrected chi connectivity index (χ4v) is 4.24. The van der Waals surface area contributed by atoms with Crippen molar-refractivity contribution in [1.82, 2.24) is 20.5 Å². The average Bonchev–Trinajstić information content (AvgIpc) is 3.24. The van der Waals surface area contributed by atoms with Gasteiger partial charge in [0, 0.05) is 56.0 Å². The summed E-state index contributed by atoms with van der Waals surface area (Å²) in [6.07, 6.45) is 4.12. The summed E-state index contributed by atoms with van der Waals surface area (Å²) < 4.78 is 0. The van der Waals surface area contributed by atoms with Crippen molar-refractivity contribution in [1.29, 1.82) is 0 Å². The quantitative estimate of drug-likeness (QED) is 0.220. The van der Waals surface area contributed by atoms with E-state index >= 15 is 0 Å². The van der Waals surface area contributed by atoms with Crippen molar-refractivity contribution in [3.63, 3.8) is 0 Å². The number of aromatic nitrogens is 1. The van der Waals surface area contributed by atoms with Crippen molar-refractivity contribution < 1.29 is 0 Å². The summed E-state index contributed by atoms with van der Waals surface area (Å²) in [7, 11) is 0. The lowest BCUT2D eigenvalue weighted by atomic mass is 10.2. The first kappa shape index (κ1) is 24.9. The summed E-state index contributed by atoms with van der Waals surface area (Å²) in [4.78, 5) is 15.5. The Kier molecular flexibility index (Phi) is 11.5. The minimum atomic E-state index is 0. The van der Waals surface area contributed by atoms with Gasteiger partial charge in [-0.25, -0.2) is 9.98 Å². The smallest absolute Gasteiger partial charge is 0.191 e. The fourth-order valence-electron chi connectivity index (χ4n) is 3.45. The molecule has 0 saturated carbocycles. The van der Waals surface area contributed by atoms with E-state index in [1.165, 1.54) is 10.6 Å². The van der Waals surface area contributed by atoms with Crippen molar-refractivity contribution in [3.8, 4) is 0 Å². The summed E-state index contributed by atoms with van der Waals surface area (Å²) in [5.41, 5.74) is 1.34. The Balaban J connectivity index is 0.00000320. The van der Waals surface area contributed by atoms with Gasteiger partial charge in [-0.1, -0.05) is 25.1 Å². The van der Waals surface area contributed by atoms with Crippen LogP contribution in [0.3, 0.4) is 0 Å². The number of nitrogens with one attached hydrogen (secondary N) is 2. The highest BCUT2D eigenvalue weighted by Crippen LogP contribution is 2.15. The maximum atomic E-state index is 4.68. The Bertz CT molecular complexity index is 743. The van der Waals surface area contributed by atoms with Gasteiger partial charge in [0.2, 0.25) is 0 Å². The van der Waals surface area contributed by atoms with Crippen molar-refractivity contribution in [2.75, 3.05) is 50.7 Å². The van der Waals surface area contributed by atoms with E-state index in [4.69, 9.17) is 0 Å². The van der Waals surface area contributed by atoms with Gasteiger partial charge in [-0.2, -0.15) is 0 Å². The van der Waals surface area contributed by atoms with Crippen LogP contribution in [-0.2, 0) is 13.0 Å². The van der Waals surface area contributed by atoms with Crippen LogP contribution in [0.2, 0.25) is 0 Å². The van der Waals surface area contributed by atoms with Crippen LogP contribution in [0.1, 0.15) is 30.2 Å². The first-order valence-corrected chi connectivity index (χ1v) is 11.6. The Labute approximate surface area is 202 Å². The number of nitrogens with zero attached hydrogens (tertiary/aromatic N) is 4. The molecule has 1 aromatic heterocycles. The van der Waals surface area contributed by atoms with Crippen LogP contribution in [0.15, 0.2) is 41.5 Å². The Morgan fingerprint density at radius 1 is 1.10 bits per heavy atom. The molecule has 1 aliphatic heterocycles. The van der Waals surface area contributed by atoms with Crippen LogP contribution < -0.4 is 15.5 Å². The minimum Gasteiger partial charge on any atom is -0.369 e. The number of guanidine groups is 1. The second-order valence-corrected chi connectivity index (χ2v) is 8.41. The standard InChI is InChI=1S/C22H34N6S.HI/c1-3-20-17-25-21(29-20)18-26-22(23-4-2)24-11-8-12-27-13-15-28(16-14-27)19-9-6-5-7-10-19;/h5-7,9-10,17H,3-4,8,11-16,18H2,1-2H3,(H2,23,24,26);1H. The summed E-state index contributed by atoms with van der Waals surface area (Å²) in [6.45, 7) is 12.3. The molecule has 2 aromatic rings. The number of hydrogen-bond acceptors (Lipinski definition) is 5. The maximum absolute atomic E-state index is 4.68. The molecule has 3 rings (SSSR count). The molecule has 1 aliphatic rings. The lowest BCUT2D eigenvalue weighted by molar-refractivity contribution is 0.255. The molecule has 0 atom stereocenters. The van der Waals surface area contributed by atoms with E-state index < -0.39 is 0 Å². The second-order valence-electron chi connectivity index (χ2n) is 7.21. The summed E-state index contributed by atoms with van der Waals surface area (Å²) in [5, 5.41) is 7.88. The van der Waals surface area contributed by atoms with Gasteiger partial charge < -0.3 is 15.5 Å². The van der Waals surface area contributed by atoms with Crippen LogP contribution in [0.4, 0.5) is 5.69 Å². The van der Waals surface area contributed by atoms with Crippen LogP contribution >= 0.6 is 35.3 Å². The molecule has 0 spiro atoms. The molecule has 0 bridgehead atoms. The summed E-state index contributed by atoms with van der Waals surface area (Å²) in [5.74, 6) is 0.884. The predicted octanol–water partition coefficient (Wildman–Crippen LogP) is 3.59. The van der Waals surface area contributed by atoms with Gasteiger partial charge in [0.05, 0.1) is 6.54 Å². The Morgan fingerprint density at radius 3 is 2.53 bits per heavy atom. The van der Waals surface area contributed by atoms with E-state index in [-0.39, 0.29) is 24.0 Å². The molecule has 0 amide bonds. The maximum Gasteiger partial charge on any atom is 0.191 e. The number of hydrogen-bond donors (Lipinski definition) is 2. The van der Waals surface area contributed by atoms with Crippen LogP contribution in [-0.4, -0.2) is 61.7 Å². The SMILES string of the molecule is CCNC(=NCc1ncc(CC)s1)NCCCN1CCN(c2ccccc2)CC1.I. The van der Waals surface area contributed by atoms with E-state index in [1.54, 1.807) is 11.3 Å². The van der Waals surface area contributed by atoms with E-state index in [9.17, 15) is 0 Å². The van der Waals surface area contributed by atoms with Gasteiger partial charge >= 0.3 is 0 Å². The molecule has 0 radical (unpaired) electrons. The van der Waals surface area contributed by atoms with Gasteiger partial charge in [0.25, 0.3) is 0 Å². The zero-order valence-corrected chi connectivity index (χ0v) is 21.3. The van der Waals surface area contributed by atoms with E-state index in [2.05, 4.69) is 74.6 Å². The van der Waals surface area contributed by atoms with E-state index in [0.29, 0.717) is 6.54 Å². The molecule has 1 saturated heterocycles. The molecule has 30 heavy (non-hydrogen) atoms. The monoisotopic (exact) mass is 542 g/mol. The van der Waals surface area contributed by atoms with E-state index in [1.807, 2.05) is 6.20 Å². The van der Waals surface area contributed by atoms with E-state index in [0.717, 1.165) is 69.6 Å². The Hall–Kier alpha value is -1.39. The molecule has 8 heteroatoms. The third kappa shape index (κ3) is 8.03. The molecule has 1 fully saturated rings. The number of piperazine rings is 1. The molecule has 2 N–H and O–H groups in total. The van der Waals surface area contributed by atoms with Crippen LogP contribution in [0.25, 0.3) is 0 Å². The zero-order valence-electron chi connectivity index (χ0n) is 18.1. The molecule has 2 heterocycles. The van der Waals surface area contributed by atoms with Crippen molar-refractivity contribution >= 4 is 47.0 Å². The second kappa shape index (κ2) is 13.8. The summed E-state index contributed by atoms with van der Waals surface area (Å²) in [6, 6.07) is 10.7. The highest BCUT2D eigenvalue weighted by Gasteiger charge is 2.16. The predicted molar refractivity (Wildman–Crippen MR) is 139 cm³/mol. The van der Waals surface area contributed by atoms with Gasteiger partial charge in [0.15, 0.2) is 5.96 Å². The number of benzene rings is 1. The first-order valence-electron chi connectivity index (χ1n) is 10.8. The van der Waals surface area contributed by atoms with Crippen LogP contribution in [0, 0.1) is 0 Å². The molecule has 166 valence electrons. The minimum absolute atomic E-state index is 0. The molecule has 6 nitrogen and oxygen atoms in total. The number of aryl methyl sites for hydroxylation is 1. The Morgan fingerprint density at radius 2 is 1.87 bits per heavy atom. The van der Waals surface area contributed by atoms with Gasteiger partial charge in [-0.05, 0) is 38.4 Å². The summed E-state index contributed by atoms with van der Waals surface area (Å²) >= 11 is 1.75. The lowest BCUT2D eigenvalue weighted by Crippen LogP contribution is -2.47. The lowest BCUT2D eigenvalue weighted by Gasteiger charge is -2.36. The molecule has 0 unspecified atom stereocenters. The van der Waals surface area contributed by atoms with Gasteiger partial charge in [-0.15, -0.1) is 35.3 Å². The number of anilines is 1. The fraction of sp³-hybridized carbons (Fsp3) is 0.545. The topological polar surface area (TPSA) is 55.8 Å². The third-order valence-electron chi connectivity index (χ3n) is 5.10. The number of para-hydroxylation sites is 1. The normalized spacial score (nSPS) is 15.0. The largest absolute Gasteiger partial charge is 0.369 e. The number of halogens is 1. The van der Waals surface area contributed by atoms with Gasteiger partial charge in [0.1, 0.15) is 5.01 Å². The average molecular weight is 543 g/mol. The van der Waals surface area contributed by atoms with Crippen molar-refractivity contribution in [3.05, 3.63) is 46.4 Å². The molecular formula is C22H35IN6S. The first-order chi connectivity index (χ1) is 14.3. The number of aliphatic imine (C=N–C) groups is 1. The highest BCUT2D eigenvalue weighted by atomic mass is 127. The van der Waals surface area contributed by atoms with Gasteiger partial charge in [-0.3, -0.25) is 4.90 Å². The van der Waals surface area contributed by atoms with Crippen molar-refractivity contribution in [2.45, 2.75) is 33.2 Å². The third-order valence-corrected chi connectivity index (χ3v) is 6.23. The highest BCUT2D eigenvalue weighted by molar-refractivity contribution is 14.0. The molecule has 0 aliphatic carbocycles. The number of thiazole rings is 1. The zero-order chi connectivity index (χ0) is 20.3. The molecule has 1 aromatic carbocycles. The van der Waals surface area contributed by atoms with Crippen LogP contribution in [0.5, 0.6) is 0 Å². The molecular weight excluding hydrogens is 507 g/mol. The number of rotatable bonds is 9.